The van der Waals surface area contributed by atoms with Gasteiger partial charge in [0.1, 0.15) is 17.3 Å². The van der Waals surface area contributed by atoms with Gasteiger partial charge in [0.2, 0.25) is 0 Å². The first kappa shape index (κ1) is 20.1. The van der Waals surface area contributed by atoms with Gasteiger partial charge in [-0.2, -0.15) is 4.98 Å². The summed E-state index contributed by atoms with van der Waals surface area (Å²) in [6.45, 7) is 0.471. The summed E-state index contributed by atoms with van der Waals surface area (Å²) in [5.41, 5.74) is 0.640. The molecule has 2 aromatic carbocycles. The molecular weight excluding hydrogens is 379 g/mol. The number of amides is 2. The summed E-state index contributed by atoms with van der Waals surface area (Å²) in [4.78, 5) is 18.0. The van der Waals surface area contributed by atoms with Crippen molar-refractivity contribution >= 4 is 11.7 Å². The van der Waals surface area contributed by atoms with Crippen LogP contribution in [-0.4, -0.2) is 41.8 Å². The molecule has 9 heteroatoms. The average Bonchev–Trinajstić information content (AvgIpc) is 3.19. The van der Waals surface area contributed by atoms with Crippen LogP contribution in [0.4, 0.5) is 14.9 Å². The first-order valence-corrected chi connectivity index (χ1v) is 8.89. The van der Waals surface area contributed by atoms with Gasteiger partial charge in [0.25, 0.3) is 5.89 Å². The van der Waals surface area contributed by atoms with Crippen molar-refractivity contribution in [1.29, 1.82) is 0 Å². The maximum atomic E-state index is 12.9. The second kappa shape index (κ2) is 9.54. The number of benzene rings is 2. The van der Waals surface area contributed by atoms with Crippen LogP contribution in [0.1, 0.15) is 11.7 Å². The fourth-order valence-electron chi connectivity index (χ4n) is 2.42. The molecule has 0 unspecified atom stereocenters. The zero-order valence-corrected chi connectivity index (χ0v) is 16.1. The summed E-state index contributed by atoms with van der Waals surface area (Å²) in [5, 5.41) is 6.68. The maximum Gasteiger partial charge on any atom is 0.321 e. The summed E-state index contributed by atoms with van der Waals surface area (Å²) in [6.07, 6.45) is 0.419. The second-order valence-electron chi connectivity index (χ2n) is 6.18. The molecule has 0 atom stereocenters. The Bertz CT molecular complexity index is 946. The largest absolute Gasteiger partial charge is 0.497 e. The van der Waals surface area contributed by atoms with Crippen LogP contribution in [0.2, 0.25) is 0 Å². The van der Waals surface area contributed by atoms with Gasteiger partial charge in [-0.3, -0.25) is 0 Å². The van der Waals surface area contributed by atoms with Crippen molar-refractivity contribution in [2.45, 2.75) is 13.0 Å². The predicted molar refractivity (Wildman–Crippen MR) is 103 cm³/mol. The minimum Gasteiger partial charge on any atom is -0.497 e. The van der Waals surface area contributed by atoms with Crippen molar-refractivity contribution in [1.82, 2.24) is 15.0 Å². The van der Waals surface area contributed by atoms with Crippen LogP contribution in [0, 0.1) is 5.82 Å². The minimum absolute atomic E-state index is 0.0742. The smallest absolute Gasteiger partial charge is 0.321 e. The Balaban J connectivity index is 1.45. The lowest BCUT2D eigenvalue weighted by atomic mass is 10.3. The molecule has 1 N–H and O–H groups in total. The minimum atomic E-state index is -0.336. The lowest BCUT2D eigenvalue weighted by Gasteiger charge is -2.17. The number of rotatable bonds is 8. The van der Waals surface area contributed by atoms with Crippen LogP contribution in [0.3, 0.4) is 0 Å². The van der Waals surface area contributed by atoms with Crippen LogP contribution in [-0.2, 0) is 13.0 Å². The summed E-state index contributed by atoms with van der Waals surface area (Å²) < 4.78 is 28.6. The number of hydrogen-bond donors (Lipinski definition) is 1. The van der Waals surface area contributed by atoms with Crippen LogP contribution in [0.5, 0.6) is 11.5 Å². The Labute approximate surface area is 167 Å². The van der Waals surface area contributed by atoms with Gasteiger partial charge < -0.3 is 24.2 Å². The Morgan fingerprint density at radius 3 is 2.76 bits per heavy atom. The zero-order chi connectivity index (χ0) is 20.6. The maximum absolute atomic E-state index is 12.9. The fraction of sp³-hybridized carbons (Fsp3) is 0.250. The third-order valence-corrected chi connectivity index (χ3v) is 4.02. The van der Waals surface area contributed by atoms with E-state index in [1.165, 1.54) is 29.2 Å². The van der Waals surface area contributed by atoms with Gasteiger partial charge in [0.05, 0.1) is 7.11 Å². The van der Waals surface area contributed by atoms with Gasteiger partial charge in [-0.1, -0.05) is 11.2 Å². The van der Waals surface area contributed by atoms with E-state index < -0.39 is 0 Å². The van der Waals surface area contributed by atoms with E-state index in [4.69, 9.17) is 14.0 Å². The third-order valence-electron chi connectivity index (χ3n) is 4.02. The summed E-state index contributed by atoms with van der Waals surface area (Å²) in [7, 11) is 3.24. The number of carbonyl (C=O) groups is 1. The lowest BCUT2D eigenvalue weighted by Crippen LogP contribution is -2.33. The monoisotopic (exact) mass is 400 g/mol. The molecule has 1 heterocycles. The van der Waals surface area contributed by atoms with E-state index in [1.807, 2.05) is 0 Å². The lowest BCUT2D eigenvalue weighted by molar-refractivity contribution is 0.222. The molecule has 0 aliphatic rings. The molecule has 0 aliphatic carbocycles. The second-order valence-corrected chi connectivity index (χ2v) is 6.18. The van der Waals surface area contributed by atoms with Crippen molar-refractivity contribution in [3.8, 4) is 11.5 Å². The number of carbonyl (C=O) groups excluding carboxylic acids is 1. The molecule has 0 fully saturated rings. The molecule has 0 saturated carbocycles. The average molecular weight is 400 g/mol. The normalized spacial score (nSPS) is 10.4. The third kappa shape index (κ3) is 5.93. The number of likely N-dealkylation sites (N-methyl/N-ethyl adjacent to an activating group) is 1. The SMILES string of the molecule is COc1cccc(NC(=O)N(C)CCc2noc(COc3ccc(F)cc3)n2)c1. The number of hydrogen-bond acceptors (Lipinski definition) is 6. The molecule has 0 saturated heterocycles. The molecule has 2 amide bonds. The molecule has 0 bridgehead atoms. The molecular formula is C20H21FN4O4. The predicted octanol–water partition coefficient (Wildman–Crippen LogP) is 3.50. The highest BCUT2D eigenvalue weighted by atomic mass is 19.1. The molecule has 3 rings (SSSR count). The number of anilines is 1. The highest BCUT2D eigenvalue weighted by molar-refractivity contribution is 5.89. The molecule has 8 nitrogen and oxygen atoms in total. The fourth-order valence-corrected chi connectivity index (χ4v) is 2.42. The first-order chi connectivity index (χ1) is 14.0. The van der Waals surface area contributed by atoms with Gasteiger partial charge in [-0.15, -0.1) is 0 Å². The molecule has 152 valence electrons. The van der Waals surface area contributed by atoms with Gasteiger partial charge in [-0.05, 0) is 36.4 Å². The van der Waals surface area contributed by atoms with E-state index in [-0.39, 0.29) is 18.5 Å². The Morgan fingerprint density at radius 2 is 2.00 bits per heavy atom. The van der Waals surface area contributed by atoms with Gasteiger partial charge >= 0.3 is 6.03 Å². The number of urea groups is 1. The van der Waals surface area contributed by atoms with E-state index >= 15 is 0 Å². The van der Waals surface area contributed by atoms with E-state index in [9.17, 15) is 9.18 Å². The first-order valence-electron chi connectivity index (χ1n) is 8.89. The topological polar surface area (TPSA) is 89.7 Å². The molecule has 1 aromatic heterocycles. The molecule has 0 radical (unpaired) electrons. The highest BCUT2D eigenvalue weighted by Gasteiger charge is 2.12. The number of ether oxygens (including phenoxy) is 2. The standard InChI is InChI=1S/C20H21FN4O4/c1-25(20(26)22-15-4-3-5-17(12-15)27-2)11-10-18-23-19(29-24-18)13-28-16-8-6-14(21)7-9-16/h3-9,12H,10-11,13H2,1-2H3,(H,22,26). The van der Waals surface area contributed by atoms with Crippen molar-refractivity contribution in [2.24, 2.45) is 0 Å². The number of nitrogens with one attached hydrogen (secondary N) is 1. The van der Waals surface area contributed by atoms with Crippen LogP contribution in [0.15, 0.2) is 53.1 Å². The number of halogens is 1. The van der Waals surface area contributed by atoms with Crippen LogP contribution < -0.4 is 14.8 Å². The highest BCUT2D eigenvalue weighted by Crippen LogP contribution is 2.17. The Hall–Kier alpha value is -3.62. The van der Waals surface area contributed by atoms with E-state index in [2.05, 4.69) is 15.5 Å². The van der Waals surface area contributed by atoms with Crippen LogP contribution in [0.25, 0.3) is 0 Å². The van der Waals surface area contributed by atoms with E-state index in [0.717, 1.165) is 0 Å². The van der Waals surface area contributed by atoms with Crippen molar-refractivity contribution < 1.29 is 23.2 Å². The Kier molecular flexibility index (Phi) is 6.62. The number of aromatic nitrogens is 2. The quantitative estimate of drug-likeness (QED) is 0.622. The molecule has 0 spiro atoms. The van der Waals surface area contributed by atoms with Crippen molar-refractivity contribution in [2.75, 3.05) is 26.0 Å². The number of methoxy groups -OCH3 is 1. The van der Waals surface area contributed by atoms with E-state index in [1.54, 1.807) is 38.4 Å². The zero-order valence-electron chi connectivity index (χ0n) is 16.1. The summed E-state index contributed by atoms with van der Waals surface area (Å²) >= 11 is 0. The van der Waals surface area contributed by atoms with Crippen LogP contribution >= 0.6 is 0 Å². The van der Waals surface area contributed by atoms with Gasteiger partial charge in [-0.25, -0.2) is 9.18 Å². The van der Waals surface area contributed by atoms with Gasteiger partial charge in [0.15, 0.2) is 12.4 Å². The Morgan fingerprint density at radius 1 is 1.21 bits per heavy atom. The summed E-state index contributed by atoms with van der Waals surface area (Å²) in [5.74, 6) is 1.58. The van der Waals surface area contributed by atoms with Crippen molar-refractivity contribution in [3.63, 3.8) is 0 Å². The molecule has 3 aromatic rings. The molecule has 0 aliphatic heterocycles. The van der Waals surface area contributed by atoms with E-state index in [0.29, 0.717) is 41.9 Å². The summed E-state index contributed by atoms with van der Waals surface area (Å²) in [6, 6.07) is 12.5. The molecule has 29 heavy (non-hydrogen) atoms. The van der Waals surface area contributed by atoms with Crippen molar-refractivity contribution in [3.05, 3.63) is 66.1 Å². The number of nitrogens with zero attached hydrogens (tertiary/aromatic N) is 3. The van der Waals surface area contributed by atoms with Gasteiger partial charge in [0, 0.05) is 31.8 Å².